The van der Waals surface area contributed by atoms with E-state index in [1.54, 1.807) is 6.92 Å². The molecule has 164 valence electrons. The van der Waals surface area contributed by atoms with Gasteiger partial charge in [0.25, 0.3) is 0 Å². The van der Waals surface area contributed by atoms with Crippen molar-refractivity contribution in [2.45, 2.75) is 52.0 Å². The van der Waals surface area contributed by atoms with Crippen molar-refractivity contribution in [2.24, 2.45) is 5.92 Å². The molecule has 0 saturated carbocycles. The number of ketones is 1. The summed E-state index contributed by atoms with van der Waals surface area (Å²) in [6, 6.07) is 14.1. The third-order valence-corrected chi connectivity index (χ3v) is 6.52. The first-order valence-electron chi connectivity index (χ1n) is 11.5. The molecule has 3 heterocycles. The average Bonchev–Trinajstić information content (AvgIpc) is 3.44. The van der Waals surface area contributed by atoms with Crippen molar-refractivity contribution in [3.8, 4) is 11.5 Å². The van der Waals surface area contributed by atoms with Gasteiger partial charge in [-0.1, -0.05) is 18.2 Å². The van der Waals surface area contributed by atoms with Gasteiger partial charge >= 0.3 is 0 Å². The maximum atomic E-state index is 12.1. The molecular formula is C26H33N3O2. The molecular weight excluding hydrogens is 386 g/mol. The number of likely N-dealkylation sites (tertiary alicyclic amines) is 1. The van der Waals surface area contributed by atoms with Crippen molar-refractivity contribution in [1.29, 1.82) is 0 Å². The molecule has 0 unspecified atom stereocenters. The predicted octanol–water partition coefficient (Wildman–Crippen LogP) is 5.32. The predicted molar refractivity (Wildman–Crippen MR) is 123 cm³/mol. The molecule has 1 saturated heterocycles. The molecule has 0 spiro atoms. The lowest BCUT2D eigenvalue weighted by atomic mass is 9.89. The Morgan fingerprint density at radius 2 is 1.84 bits per heavy atom. The number of hydrogen-bond donors (Lipinski definition) is 0. The third kappa shape index (κ3) is 5.53. The maximum absolute atomic E-state index is 12.1. The van der Waals surface area contributed by atoms with Crippen LogP contribution in [-0.2, 0) is 11.2 Å². The van der Waals surface area contributed by atoms with E-state index in [4.69, 9.17) is 9.40 Å². The van der Waals surface area contributed by atoms with Crippen LogP contribution in [-0.4, -0.2) is 39.9 Å². The monoisotopic (exact) mass is 419 g/mol. The first kappa shape index (κ1) is 21.6. The molecule has 1 aromatic carbocycles. The first-order chi connectivity index (χ1) is 15.1. The van der Waals surface area contributed by atoms with E-state index in [0.29, 0.717) is 5.92 Å². The van der Waals surface area contributed by atoms with Crippen LogP contribution in [0.15, 0.2) is 59.3 Å². The summed E-state index contributed by atoms with van der Waals surface area (Å²) in [5.41, 5.74) is 2.10. The van der Waals surface area contributed by atoms with E-state index in [-0.39, 0.29) is 11.8 Å². The lowest BCUT2D eigenvalue weighted by Crippen LogP contribution is -2.35. The second-order valence-corrected chi connectivity index (χ2v) is 8.77. The number of carbonyl (C=O) groups is 1. The number of hydrogen-bond acceptors (Lipinski definition) is 4. The number of oxazole rings is 1. The van der Waals surface area contributed by atoms with Crippen LogP contribution in [0.4, 0.5) is 0 Å². The number of aryl methyl sites for hydroxylation is 2. The van der Waals surface area contributed by atoms with Crippen molar-refractivity contribution in [3.05, 3.63) is 66.3 Å². The molecule has 1 atom stereocenters. The highest BCUT2D eigenvalue weighted by Crippen LogP contribution is 2.28. The van der Waals surface area contributed by atoms with Crippen LogP contribution in [0.25, 0.3) is 11.5 Å². The van der Waals surface area contributed by atoms with Crippen LogP contribution < -0.4 is 0 Å². The molecule has 0 aliphatic carbocycles. The molecule has 2 aromatic heterocycles. The Bertz CT molecular complexity index is 954. The molecule has 0 bridgehead atoms. The van der Waals surface area contributed by atoms with Crippen LogP contribution in [0.1, 0.15) is 50.1 Å². The van der Waals surface area contributed by atoms with E-state index in [0.717, 1.165) is 61.8 Å². The average molecular weight is 420 g/mol. The highest BCUT2D eigenvalue weighted by Gasteiger charge is 2.25. The molecule has 5 nitrogen and oxygen atoms in total. The number of piperidine rings is 1. The zero-order valence-electron chi connectivity index (χ0n) is 18.7. The van der Waals surface area contributed by atoms with Gasteiger partial charge in [-0.15, -0.1) is 0 Å². The fourth-order valence-corrected chi connectivity index (χ4v) is 4.65. The van der Waals surface area contributed by atoms with Gasteiger partial charge in [-0.25, -0.2) is 4.98 Å². The van der Waals surface area contributed by atoms with Crippen molar-refractivity contribution in [2.75, 3.05) is 19.6 Å². The normalized spacial score (nSPS) is 16.5. The number of aromatic nitrogens is 2. The molecule has 4 rings (SSSR count). The largest absolute Gasteiger partial charge is 0.441 e. The fourth-order valence-electron chi connectivity index (χ4n) is 4.65. The minimum Gasteiger partial charge on any atom is -0.441 e. The van der Waals surface area contributed by atoms with Gasteiger partial charge in [0.1, 0.15) is 5.76 Å². The Balaban J connectivity index is 1.22. The molecule has 1 fully saturated rings. The number of rotatable bonds is 9. The van der Waals surface area contributed by atoms with E-state index in [1.807, 2.05) is 61.8 Å². The minimum atomic E-state index is -0.0134. The smallest absolute Gasteiger partial charge is 0.226 e. The highest BCUT2D eigenvalue weighted by atomic mass is 16.4. The van der Waals surface area contributed by atoms with E-state index in [1.165, 1.54) is 12.8 Å². The van der Waals surface area contributed by atoms with Crippen LogP contribution >= 0.6 is 0 Å². The summed E-state index contributed by atoms with van der Waals surface area (Å²) in [6.45, 7) is 7.06. The number of Topliss-reactive ketones (excluding diaryl/α,β-unsaturated/α-hetero) is 1. The van der Waals surface area contributed by atoms with Crippen molar-refractivity contribution in [3.63, 3.8) is 0 Å². The summed E-state index contributed by atoms with van der Waals surface area (Å²) in [6.07, 6.45) is 9.36. The summed E-state index contributed by atoms with van der Waals surface area (Å²) in [7, 11) is 0. The molecule has 0 amide bonds. The molecule has 0 radical (unpaired) electrons. The van der Waals surface area contributed by atoms with Crippen molar-refractivity contribution < 1.29 is 9.21 Å². The van der Waals surface area contributed by atoms with Gasteiger partial charge in [-0.05, 0) is 95.8 Å². The number of benzene rings is 1. The van der Waals surface area contributed by atoms with E-state index in [2.05, 4.69) is 9.47 Å². The van der Waals surface area contributed by atoms with E-state index in [9.17, 15) is 4.79 Å². The summed E-state index contributed by atoms with van der Waals surface area (Å²) < 4.78 is 7.96. The van der Waals surface area contributed by atoms with Gasteiger partial charge in [0, 0.05) is 18.0 Å². The van der Waals surface area contributed by atoms with Gasteiger partial charge < -0.3 is 13.9 Å². The Labute approximate surface area is 185 Å². The summed E-state index contributed by atoms with van der Waals surface area (Å²) in [4.78, 5) is 19.4. The number of carbonyl (C=O) groups excluding carboxylic acids is 1. The Morgan fingerprint density at radius 1 is 1.13 bits per heavy atom. The van der Waals surface area contributed by atoms with Crippen LogP contribution in [0.2, 0.25) is 0 Å². The zero-order valence-corrected chi connectivity index (χ0v) is 18.7. The van der Waals surface area contributed by atoms with Crippen LogP contribution in [0, 0.1) is 12.8 Å². The zero-order chi connectivity index (χ0) is 21.6. The maximum Gasteiger partial charge on any atom is 0.226 e. The number of nitrogens with zero attached hydrogens (tertiary/aromatic N) is 3. The highest BCUT2D eigenvalue weighted by molar-refractivity contribution is 5.79. The first-order valence-corrected chi connectivity index (χ1v) is 11.5. The molecule has 1 aliphatic rings. The Morgan fingerprint density at radius 3 is 2.52 bits per heavy atom. The lowest BCUT2D eigenvalue weighted by Gasteiger charge is -2.33. The second-order valence-electron chi connectivity index (χ2n) is 8.77. The van der Waals surface area contributed by atoms with E-state index < -0.39 is 0 Å². The minimum absolute atomic E-state index is 0.0134. The van der Waals surface area contributed by atoms with Crippen LogP contribution in [0.3, 0.4) is 0 Å². The van der Waals surface area contributed by atoms with Crippen molar-refractivity contribution in [1.82, 2.24) is 14.5 Å². The summed E-state index contributed by atoms with van der Waals surface area (Å²) >= 11 is 0. The van der Waals surface area contributed by atoms with Gasteiger partial charge in [0.2, 0.25) is 5.89 Å². The fraction of sp³-hybridized carbons (Fsp3) is 0.462. The molecule has 31 heavy (non-hydrogen) atoms. The third-order valence-electron chi connectivity index (χ3n) is 6.52. The molecule has 5 heteroatoms. The lowest BCUT2D eigenvalue weighted by molar-refractivity contribution is -0.120. The second kappa shape index (κ2) is 10.1. The van der Waals surface area contributed by atoms with Crippen LogP contribution in [0.5, 0.6) is 0 Å². The quantitative estimate of drug-likeness (QED) is 0.471. The van der Waals surface area contributed by atoms with Gasteiger partial charge in [-0.2, -0.15) is 0 Å². The van der Waals surface area contributed by atoms with Crippen molar-refractivity contribution >= 4 is 5.78 Å². The van der Waals surface area contributed by atoms with Gasteiger partial charge in [0.05, 0.1) is 11.7 Å². The molecule has 1 aliphatic heterocycles. The van der Waals surface area contributed by atoms with E-state index >= 15 is 0 Å². The molecule has 0 N–H and O–H groups in total. The summed E-state index contributed by atoms with van der Waals surface area (Å²) in [5, 5.41) is 0. The topological polar surface area (TPSA) is 51.3 Å². The SMILES string of the molecule is CC(=O)[C@H](CC1CCN(CCCc2nc(-c3ccccc3)oc2C)CC1)n1cccc1. The van der Waals surface area contributed by atoms with Gasteiger partial charge in [0.15, 0.2) is 5.78 Å². The van der Waals surface area contributed by atoms with Gasteiger partial charge in [-0.3, -0.25) is 4.79 Å². The summed E-state index contributed by atoms with van der Waals surface area (Å²) in [5.74, 6) is 2.53. The standard InChI is InChI=1S/C26H33N3O2/c1-20(30)25(29-15-6-7-16-29)19-22-12-17-28(18-13-22)14-8-11-24-21(2)31-26(27-24)23-9-4-3-5-10-23/h3-7,9-10,15-16,22,25H,8,11-14,17-19H2,1-2H3/t25-/m0/s1. The Kier molecular flexibility index (Phi) is 7.03. The Hall–Kier alpha value is -2.66. The molecule has 3 aromatic rings.